The van der Waals surface area contributed by atoms with E-state index in [9.17, 15) is 5.11 Å². The van der Waals surface area contributed by atoms with Gasteiger partial charge in [0.1, 0.15) is 0 Å². The summed E-state index contributed by atoms with van der Waals surface area (Å²) in [7, 11) is 0. The first-order valence-electron chi connectivity index (χ1n) is 6.46. The second-order valence-corrected chi connectivity index (χ2v) is 5.17. The highest BCUT2D eigenvalue weighted by atomic mass is 32.2. The molecular formula is C13H19N5O2S. The standard InChI is InChI=1S/C13H19N5O2S/c14-10-18-13(17-7-12(20)8-19)16-5-6-21-9-11-3-1-2-4-15-11/h1-4,12,19-20H,5-9H2,(H2,16,17,18). The van der Waals surface area contributed by atoms with E-state index in [1.54, 1.807) is 24.2 Å². The van der Waals surface area contributed by atoms with Crippen LogP contribution in [0.5, 0.6) is 0 Å². The van der Waals surface area contributed by atoms with Gasteiger partial charge in [-0.05, 0) is 12.1 Å². The van der Waals surface area contributed by atoms with Gasteiger partial charge in [-0.25, -0.2) is 4.99 Å². The summed E-state index contributed by atoms with van der Waals surface area (Å²) in [6, 6.07) is 5.81. The Balaban J connectivity index is 2.23. The number of hydrogen-bond acceptors (Lipinski definition) is 6. The number of aliphatic imine (C=N–C) groups is 1. The van der Waals surface area contributed by atoms with Crippen LogP contribution in [0.25, 0.3) is 0 Å². The van der Waals surface area contributed by atoms with Crippen LogP contribution in [0.2, 0.25) is 0 Å². The van der Waals surface area contributed by atoms with Gasteiger partial charge < -0.3 is 15.5 Å². The Hall–Kier alpha value is -1.82. The summed E-state index contributed by atoms with van der Waals surface area (Å²) in [4.78, 5) is 8.21. The van der Waals surface area contributed by atoms with Gasteiger partial charge in [-0.1, -0.05) is 6.07 Å². The molecule has 1 heterocycles. The molecular weight excluding hydrogens is 290 g/mol. The molecule has 0 spiro atoms. The van der Waals surface area contributed by atoms with Gasteiger partial charge in [0.2, 0.25) is 5.96 Å². The number of nitrogens with one attached hydrogen (secondary N) is 2. The van der Waals surface area contributed by atoms with E-state index in [4.69, 9.17) is 10.4 Å². The molecule has 114 valence electrons. The lowest BCUT2D eigenvalue weighted by Crippen LogP contribution is -2.36. The number of aromatic nitrogens is 1. The van der Waals surface area contributed by atoms with E-state index in [0.717, 1.165) is 17.2 Å². The van der Waals surface area contributed by atoms with Gasteiger partial charge in [-0.3, -0.25) is 10.3 Å². The van der Waals surface area contributed by atoms with Crippen LogP contribution >= 0.6 is 11.8 Å². The molecule has 1 rings (SSSR count). The van der Waals surface area contributed by atoms with E-state index >= 15 is 0 Å². The Bertz CT molecular complexity index is 463. The number of aliphatic hydroxyl groups is 2. The molecule has 0 saturated carbocycles. The lowest BCUT2D eigenvalue weighted by atomic mass is 10.4. The second kappa shape index (κ2) is 10.9. The van der Waals surface area contributed by atoms with Crippen molar-refractivity contribution in [3.05, 3.63) is 30.1 Å². The Morgan fingerprint density at radius 1 is 1.52 bits per heavy atom. The fraction of sp³-hybridized carbons (Fsp3) is 0.462. The van der Waals surface area contributed by atoms with Crippen LogP contribution in [0.15, 0.2) is 29.4 Å². The quantitative estimate of drug-likeness (QED) is 0.171. The van der Waals surface area contributed by atoms with E-state index in [1.807, 2.05) is 18.2 Å². The van der Waals surface area contributed by atoms with Gasteiger partial charge in [0.15, 0.2) is 6.19 Å². The molecule has 0 aliphatic carbocycles. The average molecular weight is 309 g/mol. The Kier molecular flexibility index (Phi) is 8.95. The van der Waals surface area contributed by atoms with Crippen molar-refractivity contribution in [2.24, 2.45) is 4.99 Å². The molecule has 8 heteroatoms. The Morgan fingerprint density at radius 3 is 3.05 bits per heavy atom. The van der Waals surface area contributed by atoms with Gasteiger partial charge in [-0.2, -0.15) is 17.0 Å². The Labute approximate surface area is 128 Å². The fourth-order valence-electron chi connectivity index (χ4n) is 1.35. The molecule has 0 radical (unpaired) electrons. The van der Waals surface area contributed by atoms with Crippen LogP contribution in [0.1, 0.15) is 5.69 Å². The molecule has 0 bridgehead atoms. The van der Waals surface area contributed by atoms with E-state index in [0.29, 0.717) is 12.5 Å². The van der Waals surface area contributed by atoms with Crippen LogP contribution in [0.3, 0.4) is 0 Å². The van der Waals surface area contributed by atoms with E-state index in [2.05, 4.69) is 20.6 Å². The van der Waals surface area contributed by atoms with E-state index < -0.39 is 6.10 Å². The van der Waals surface area contributed by atoms with Gasteiger partial charge in [0.05, 0.1) is 24.9 Å². The first-order valence-corrected chi connectivity index (χ1v) is 7.61. The van der Waals surface area contributed by atoms with Crippen LogP contribution in [-0.2, 0) is 5.75 Å². The molecule has 1 unspecified atom stereocenters. The summed E-state index contributed by atoms with van der Waals surface area (Å²) < 4.78 is 0. The summed E-state index contributed by atoms with van der Waals surface area (Å²) >= 11 is 1.72. The third kappa shape index (κ3) is 8.14. The van der Waals surface area contributed by atoms with E-state index in [1.165, 1.54) is 0 Å². The van der Waals surface area contributed by atoms with Crippen LogP contribution in [0, 0.1) is 11.5 Å². The molecule has 0 saturated heterocycles. The van der Waals surface area contributed by atoms with Crippen molar-refractivity contribution in [3.8, 4) is 6.19 Å². The molecule has 0 aromatic carbocycles. The highest BCUT2D eigenvalue weighted by Crippen LogP contribution is 2.07. The number of nitrogens with zero attached hydrogens (tertiary/aromatic N) is 3. The summed E-state index contributed by atoms with van der Waals surface area (Å²) in [5.41, 5.74) is 1.03. The van der Waals surface area contributed by atoms with Crippen molar-refractivity contribution < 1.29 is 10.2 Å². The number of nitriles is 1. The van der Waals surface area contributed by atoms with E-state index in [-0.39, 0.29) is 13.2 Å². The molecule has 21 heavy (non-hydrogen) atoms. The molecule has 0 amide bonds. The molecule has 0 fully saturated rings. The van der Waals surface area contributed by atoms with Crippen LogP contribution < -0.4 is 10.6 Å². The number of guanidine groups is 1. The van der Waals surface area contributed by atoms with Gasteiger partial charge in [0.25, 0.3) is 0 Å². The average Bonchev–Trinajstić information content (AvgIpc) is 2.52. The largest absolute Gasteiger partial charge is 0.394 e. The maximum atomic E-state index is 9.20. The first kappa shape index (κ1) is 17.2. The minimum atomic E-state index is -0.916. The zero-order valence-electron chi connectivity index (χ0n) is 11.6. The molecule has 7 nitrogen and oxygen atoms in total. The Morgan fingerprint density at radius 2 is 2.38 bits per heavy atom. The highest BCUT2D eigenvalue weighted by molar-refractivity contribution is 7.98. The monoisotopic (exact) mass is 309 g/mol. The van der Waals surface area contributed by atoms with Gasteiger partial charge >= 0.3 is 0 Å². The minimum absolute atomic E-state index is 0.0363. The number of rotatable bonds is 8. The highest BCUT2D eigenvalue weighted by Gasteiger charge is 2.02. The van der Waals surface area contributed by atoms with Crippen LogP contribution in [-0.4, -0.2) is 52.7 Å². The SMILES string of the molecule is N#CNC(=NCC(O)CO)NCCSCc1ccccn1. The molecule has 1 aromatic rings. The third-order valence-electron chi connectivity index (χ3n) is 2.36. The zero-order chi connectivity index (χ0) is 15.3. The first-order chi connectivity index (χ1) is 10.3. The number of aliphatic hydroxyl groups excluding tert-OH is 2. The molecule has 1 aromatic heterocycles. The maximum absolute atomic E-state index is 9.20. The van der Waals surface area contributed by atoms with Crippen molar-refractivity contribution in [2.75, 3.05) is 25.4 Å². The lowest BCUT2D eigenvalue weighted by Gasteiger charge is -2.09. The predicted molar refractivity (Wildman–Crippen MR) is 82.5 cm³/mol. The predicted octanol–water partition coefficient (Wildman–Crippen LogP) is -0.316. The van der Waals surface area contributed by atoms with Gasteiger partial charge in [-0.15, -0.1) is 0 Å². The minimum Gasteiger partial charge on any atom is -0.394 e. The molecule has 4 N–H and O–H groups in total. The number of thioether (sulfide) groups is 1. The van der Waals surface area contributed by atoms with Crippen molar-refractivity contribution in [1.82, 2.24) is 15.6 Å². The smallest absolute Gasteiger partial charge is 0.204 e. The van der Waals surface area contributed by atoms with Crippen molar-refractivity contribution in [3.63, 3.8) is 0 Å². The molecule has 1 atom stereocenters. The second-order valence-electron chi connectivity index (χ2n) is 4.06. The molecule has 0 aliphatic rings. The normalized spacial score (nSPS) is 12.5. The summed E-state index contributed by atoms with van der Waals surface area (Å²) in [6.07, 6.45) is 2.62. The van der Waals surface area contributed by atoms with Crippen molar-refractivity contribution in [2.45, 2.75) is 11.9 Å². The summed E-state index contributed by atoms with van der Waals surface area (Å²) in [5, 5.41) is 31.9. The summed E-state index contributed by atoms with van der Waals surface area (Å²) in [6.45, 7) is 0.304. The van der Waals surface area contributed by atoms with Crippen molar-refractivity contribution >= 4 is 17.7 Å². The van der Waals surface area contributed by atoms with Crippen LogP contribution in [0.4, 0.5) is 0 Å². The van der Waals surface area contributed by atoms with Gasteiger partial charge in [0, 0.05) is 24.2 Å². The summed E-state index contributed by atoms with van der Waals surface area (Å²) in [5.74, 6) is 1.94. The van der Waals surface area contributed by atoms with Crippen molar-refractivity contribution in [1.29, 1.82) is 5.26 Å². The topological polar surface area (TPSA) is 114 Å². The third-order valence-corrected chi connectivity index (χ3v) is 3.35. The maximum Gasteiger partial charge on any atom is 0.204 e. The fourth-order valence-corrected chi connectivity index (χ4v) is 2.12. The zero-order valence-corrected chi connectivity index (χ0v) is 12.4. The number of pyridine rings is 1. The number of hydrogen-bond donors (Lipinski definition) is 4. The molecule has 0 aliphatic heterocycles. The lowest BCUT2D eigenvalue weighted by molar-refractivity contribution is 0.102.